The van der Waals surface area contributed by atoms with Crippen LogP contribution in [0.25, 0.3) is 0 Å². The summed E-state index contributed by atoms with van der Waals surface area (Å²) in [6, 6.07) is 5.25. The third kappa shape index (κ3) is 11.1. The van der Waals surface area contributed by atoms with E-state index in [1.54, 1.807) is 19.1 Å². The number of ether oxygens (including phenoxy) is 3. The van der Waals surface area contributed by atoms with Crippen molar-refractivity contribution in [2.24, 2.45) is 0 Å². The van der Waals surface area contributed by atoms with Gasteiger partial charge < -0.3 is 19.5 Å². The van der Waals surface area contributed by atoms with E-state index in [9.17, 15) is 23.2 Å². The molecule has 3 atom stereocenters. The fraction of sp³-hybridized carbons (Fsp3) is 0.625. The second kappa shape index (κ2) is 13.7. The highest BCUT2D eigenvalue weighted by Gasteiger charge is 2.33. The van der Waals surface area contributed by atoms with Gasteiger partial charge in [0.15, 0.2) is 0 Å². The van der Waals surface area contributed by atoms with Gasteiger partial charge in [0, 0.05) is 26.7 Å². The molecule has 0 bridgehead atoms. The van der Waals surface area contributed by atoms with E-state index in [-0.39, 0.29) is 24.7 Å². The van der Waals surface area contributed by atoms with Crippen molar-refractivity contribution in [1.29, 1.82) is 0 Å². The van der Waals surface area contributed by atoms with Crippen LogP contribution in [0, 0.1) is 0 Å². The number of hydrogen-bond acceptors (Lipinski definition) is 6. The van der Waals surface area contributed by atoms with Gasteiger partial charge in [-0.05, 0) is 24.1 Å². The second-order valence-corrected chi connectivity index (χ2v) is 8.09. The van der Waals surface area contributed by atoms with Gasteiger partial charge in [-0.15, -0.1) is 0 Å². The van der Waals surface area contributed by atoms with Crippen LogP contribution in [0.3, 0.4) is 0 Å². The average molecular weight is 472 g/mol. The van der Waals surface area contributed by atoms with E-state index in [2.05, 4.69) is 5.32 Å². The summed E-state index contributed by atoms with van der Waals surface area (Å²) in [5.41, 5.74) is 0.665. The van der Waals surface area contributed by atoms with Gasteiger partial charge in [-0.2, -0.15) is 8.78 Å². The van der Waals surface area contributed by atoms with E-state index < -0.39 is 36.1 Å². The number of unbranched alkanes of at least 4 members (excludes halogenated alkanes) is 3. The number of halogens is 2. The van der Waals surface area contributed by atoms with Crippen LogP contribution in [-0.2, 0) is 23.9 Å². The van der Waals surface area contributed by atoms with Crippen LogP contribution < -0.4 is 10.1 Å². The fourth-order valence-corrected chi connectivity index (χ4v) is 3.42. The van der Waals surface area contributed by atoms with Crippen LogP contribution in [0.5, 0.6) is 5.75 Å². The van der Waals surface area contributed by atoms with Gasteiger partial charge in [-0.25, -0.2) is 0 Å². The minimum Gasteiger partial charge on any atom is -0.464 e. The SMILES string of the molecule is CCCCCCC(F)(F)Oc1ccc(C(C)C(OC(C)=O)C(COC(C)=O)NC(C)=O)cc1. The van der Waals surface area contributed by atoms with Gasteiger partial charge in [0.2, 0.25) is 5.91 Å². The molecule has 1 rings (SSSR count). The second-order valence-electron chi connectivity index (χ2n) is 8.09. The molecule has 0 radical (unpaired) electrons. The molecule has 9 heteroatoms. The molecular formula is C24H35F2NO6. The lowest BCUT2D eigenvalue weighted by atomic mass is 9.90. The number of benzene rings is 1. The number of amides is 1. The van der Waals surface area contributed by atoms with Crippen LogP contribution in [0.1, 0.15) is 78.2 Å². The summed E-state index contributed by atoms with van der Waals surface area (Å²) >= 11 is 0. The number of hydrogen-bond donors (Lipinski definition) is 1. The number of carbonyl (C=O) groups is 3. The smallest absolute Gasteiger partial charge is 0.397 e. The summed E-state index contributed by atoms with van der Waals surface area (Å²) in [5, 5.41) is 2.65. The van der Waals surface area contributed by atoms with Gasteiger partial charge in [0.05, 0.1) is 6.42 Å². The summed E-state index contributed by atoms with van der Waals surface area (Å²) in [6.45, 7) is 7.34. The Morgan fingerprint density at radius 1 is 1.00 bits per heavy atom. The highest BCUT2D eigenvalue weighted by Crippen LogP contribution is 2.30. The Labute approximate surface area is 194 Å². The van der Waals surface area contributed by atoms with E-state index in [1.807, 2.05) is 6.92 Å². The molecule has 1 aromatic rings. The molecule has 1 N–H and O–H groups in total. The van der Waals surface area contributed by atoms with Gasteiger partial charge in [0.25, 0.3) is 0 Å². The first-order valence-electron chi connectivity index (χ1n) is 11.2. The summed E-state index contributed by atoms with van der Waals surface area (Å²) in [5.74, 6) is -1.94. The Balaban J connectivity index is 2.96. The molecule has 186 valence electrons. The summed E-state index contributed by atoms with van der Waals surface area (Å²) in [6.07, 6.45) is -1.50. The van der Waals surface area contributed by atoms with E-state index in [0.29, 0.717) is 12.0 Å². The van der Waals surface area contributed by atoms with E-state index in [1.165, 1.54) is 32.9 Å². The predicted octanol–water partition coefficient (Wildman–Crippen LogP) is 4.73. The number of alkyl halides is 2. The van der Waals surface area contributed by atoms with Crippen LogP contribution in [-0.4, -0.2) is 42.7 Å². The predicted molar refractivity (Wildman–Crippen MR) is 119 cm³/mol. The monoisotopic (exact) mass is 471 g/mol. The van der Waals surface area contributed by atoms with Crippen LogP contribution >= 0.6 is 0 Å². The molecule has 0 fully saturated rings. The number of esters is 2. The van der Waals surface area contributed by atoms with Crippen molar-refractivity contribution in [3.63, 3.8) is 0 Å². The van der Waals surface area contributed by atoms with Gasteiger partial charge in [-0.1, -0.05) is 45.2 Å². The summed E-state index contributed by atoms with van der Waals surface area (Å²) < 4.78 is 43.5. The van der Waals surface area contributed by atoms with Crippen molar-refractivity contribution < 1.29 is 37.4 Å². The standard InChI is InChI=1S/C24H35F2NO6/c1-6-7-8-9-14-24(25,26)33-21-12-10-20(11-13-21)16(2)23(32-19(5)30)22(27-17(3)28)15-31-18(4)29/h10-13,16,22-23H,6-9,14-15H2,1-5H3,(H,27,28). The van der Waals surface area contributed by atoms with Crippen LogP contribution in [0.15, 0.2) is 24.3 Å². The maximum atomic E-state index is 14.1. The molecular weight excluding hydrogens is 436 g/mol. The third-order valence-corrected chi connectivity index (χ3v) is 5.04. The van der Waals surface area contributed by atoms with E-state index in [4.69, 9.17) is 14.2 Å². The molecule has 0 saturated heterocycles. The maximum absolute atomic E-state index is 14.1. The first kappa shape index (κ1) is 28.3. The molecule has 0 saturated carbocycles. The lowest BCUT2D eigenvalue weighted by Gasteiger charge is -2.31. The molecule has 1 amide bonds. The van der Waals surface area contributed by atoms with Gasteiger partial charge >= 0.3 is 18.0 Å². The third-order valence-electron chi connectivity index (χ3n) is 5.04. The molecule has 0 spiro atoms. The first-order valence-corrected chi connectivity index (χ1v) is 11.2. The quantitative estimate of drug-likeness (QED) is 0.312. The normalized spacial score (nSPS) is 14.0. The zero-order valence-corrected chi connectivity index (χ0v) is 20.0. The number of rotatable bonds is 14. The van der Waals surface area contributed by atoms with Crippen molar-refractivity contribution in [3.05, 3.63) is 29.8 Å². The molecule has 0 aliphatic rings. The topological polar surface area (TPSA) is 90.9 Å². The van der Waals surface area contributed by atoms with Gasteiger partial charge in [0.1, 0.15) is 24.5 Å². The zero-order chi connectivity index (χ0) is 25.0. The first-order chi connectivity index (χ1) is 15.4. The molecule has 0 heterocycles. The van der Waals surface area contributed by atoms with E-state index in [0.717, 1.165) is 19.3 Å². The lowest BCUT2D eigenvalue weighted by molar-refractivity contribution is -0.181. The fourth-order valence-electron chi connectivity index (χ4n) is 3.42. The largest absolute Gasteiger partial charge is 0.464 e. The molecule has 0 aliphatic heterocycles. The lowest BCUT2D eigenvalue weighted by Crippen LogP contribution is -2.49. The highest BCUT2D eigenvalue weighted by atomic mass is 19.3. The average Bonchev–Trinajstić information content (AvgIpc) is 2.72. The maximum Gasteiger partial charge on any atom is 0.397 e. The Kier molecular flexibility index (Phi) is 11.8. The van der Waals surface area contributed by atoms with Crippen LogP contribution in [0.2, 0.25) is 0 Å². The summed E-state index contributed by atoms with van der Waals surface area (Å²) in [7, 11) is 0. The molecule has 0 aliphatic carbocycles. The molecule has 3 unspecified atom stereocenters. The number of nitrogens with one attached hydrogen (secondary N) is 1. The minimum absolute atomic E-state index is 0.0220. The molecule has 33 heavy (non-hydrogen) atoms. The number of carbonyl (C=O) groups excluding carboxylic acids is 3. The zero-order valence-electron chi connectivity index (χ0n) is 20.0. The molecule has 7 nitrogen and oxygen atoms in total. The van der Waals surface area contributed by atoms with Crippen molar-refractivity contribution in [1.82, 2.24) is 5.32 Å². The Bertz CT molecular complexity index is 769. The Morgan fingerprint density at radius 3 is 2.15 bits per heavy atom. The van der Waals surface area contributed by atoms with Crippen molar-refractivity contribution in [2.45, 2.75) is 90.9 Å². The highest BCUT2D eigenvalue weighted by molar-refractivity contribution is 5.73. The van der Waals surface area contributed by atoms with Crippen molar-refractivity contribution in [2.75, 3.05) is 6.61 Å². The van der Waals surface area contributed by atoms with Crippen molar-refractivity contribution >= 4 is 17.8 Å². The summed E-state index contributed by atoms with van der Waals surface area (Å²) in [4.78, 5) is 34.6. The Hall–Kier alpha value is -2.71. The molecule has 1 aromatic carbocycles. The Morgan fingerprint density at radius 2 is 1.64 bits per heavy atom. The minimum atomic E-state index is -3.26. The van der Waals surface area contributed by atoms with E-state index >= 15 is 0 Å². The van der Waals surface area contributed by atoms with Gasteiger partial charge in [-0.3, -0.25) is 14.4 Å². The molecule has 0 aromatic heterocycles. The van der Waals surface area contributed by atoms with Crippen LogP contribution in [0.4, 0.5) is 8.78 Å². The van der Waals surface area contributed by atoms with Crippen molar-refractivity contribution in [3.8, 4) is 5.75 Å².